The quantitative estimate of drug-likeness (QED) is 0.701. The van der Waals surface area contributed by atoms with Gasteiger partial charge >= 0.3 is 5.97 Å². The molecule has 3 N–H and O–H groups in total. The van der Waals surface area contributed by atoms with E-state index in [1.54, 1.807) is 6.07 Å². The summed E-state index contributed by atoms with van der Waals surface area (Å²) in [5, 5.41) is 13.9. The molecular formula is C11H13IN2O3. The lowest BCUT2D eigenvalue weighted by Crippen LogP contribution is -2.39. The zero-order valence-corrected chi connectivity index (χ0v) is 11.4. The molecular weight excluding hydrogens is 335 g/mol. The largest absolute Gasteiger partial charge is 0.480 e. The number of hydrogen-bond donors (Lipinski definition) is 3. The van der Waals surface area contributed by atoms with Gasteiger partial charge in [-0.15, -0.1) is 0 Å². The van der Waals surface area contributed by atoms with Crippen molar-refractivity contribution in [3.8, 4) is 0 Å². The van der Waals surface area contributed by atoms with Crippen LogP contribution >= 0.6 is 22.6 Å². The molecule has 0 radical (unpaired) electrons. The first-order valence-electron chi connectivity index (χ1n) is 5.01. The highest BCUT2D eigenvalue weighted by molar-refractivity contribution is 14.1. The van der Waals surface area contributed by atoms with E-state index in [1.165, 1.54) is 6.92 Å². The summed E-state index contributed by atoms with van der Waals surface area (Å²) in [7, 11) is 0. The van der Waals surface area contributed by atoms with E-state index in [0.29, 0.717) is 0 Å². The molecule has 1 rings (SSSR count). The minimum absolute atomic E-state index is 0.0293. The first-order chi connectivity index (χ1) is 8.00. The second-order valence-corrected chi connectivity index (χ2v) is 4.63. The Morgan fingerprint density at radius 1 is 1.41 bits per heavy atom. The van der Waals surface area contributed by atoms with E-state index < -0.39 is 12.0 Å². The van der Waals surface area contributed by atoms with Crippen molar-refractivity contribution >= 4 is 40.2 Å². The Kier molecular flexibility index (Phi) is 5.36. The molecule has 0 aliphatic heterocycles. The van der Waals surface area contributed by atoms with Crippen LogP contribution in [-0.4, -0.2) is 29.6 Å². The van der Waals surface area contributed by atoms with Crippen LogP contribution in [-0.2, 0) is 9.59 Å². The molecule has 0 saturated carbocycles. The topological polar surface area (TPSA) is 78.4 Å². The van der Waals surface area contributed by atoms with E-state index in [0.717, 1.165) is 9.26 Å². The number of carbonyl (C=O) groups is 2. The van der Waals surface area contributed by atoms with Crippen molar-refractivity contribution in [2.24, 2.45) is 0 Å². The van der Waals surface area contributed by atoms with Crippen LogP contribution in [0, 0.1) is 3.57 Å². The molecule has 0 spiro atoms. The maximum Gasteiger partial charge on any atom is 0.320 e. The maximum atomic E-state index is 11.5. The molecule has 0 aromatic heterocycles. The van der Waals surface area contributed by atoms with Gasteiger partial charge in [0.05, 0.1) is 12.2 Å². The minimum atomic E-state index is -0.980. The van der Waals surface area contributed by atoms with Crippen molar-refractivity contribution in [2.75, 3.05) is 11.9 Å². The van der Waals surface area contributed by atoms with Gasteiger partial charge in [-0.2, -0.15) is 0 Å². The Labute approximate surface area is 113 Å². The molecule has 0 unspecified atom stereocenters. The minimum Gasteiger partial charge on any atom is -0.480 e. The van der Waals surface area contributed by atoms with Gasteiger partial charge in [0, 0.05) is 3.57 Å². The molecule has 0 heterocycles. The van der Waals surface area contributed by atoms with Crippen molar-refractivity contribution in [2.45, 2.75) is 13.0 Å². The van der Waals surface area contributed by atoms with Crippen LogP contribution in [0.1, 0.15) is 6.92 Å². The van der Waals surface area contributed by atoms with Crippen LogP contribution < -0.4 is 10.6 Å². The van der Waals surface area contributed by atoms with Gasteiger partial charge < -0.3 is 10.4 Å². The van der Waals surface area contributed by atoms with Crippen molar-refractivity contribution in [3.63, 3.8) is 0 Å². The fourth-order valence-electron chi connectivity index (χ4n) is 1.09. The lowest BCUT2D eigenvalue weighted by atomic mass is 10.3. The summed E-state index contributed by atoms with van der Waals surface area (Å²) in [6, 6.07) is 6.63. The van der Waals surface area contributed by atoms with Crippen LogP contribution in [0.2, 0.25) is 0 Å². The van der Waals surface area contributed by atoms with E-state index in [4.69, 9.17) is 5.11 Å². The molecule has 0 aliphatic carbocycles. The molecule has 5 nitrogen and oxygen atoms in total. The SMILES string of the molecule is C[C@H](NCC(=O)Nc1ccccc1I)C(=O)O. The molecule has 0 aliphatic rings. The molecule has 1 aromatic rings. The number of carboxylic acids is 1. The second-order valence-electron chi connectivity index (χ2n) is 3.47. The van der Waals surface area contributed by atoms with Crippen molar-refractivity contribution in [3.05, 3.63) is 27.8 Å². The lowest BCUT2D eigenvalue weighted by molar-refractivity contribution is -0.139. The molecule has 1 aromatic carbocycles. The van der Waals surface area contributed by atoms with Crippen LogP contribution in [0.4, 0.5) is 5.69 Å². The molecule has 1 atom stereocenters. The third kappa shape index (κ3) is 4.70. The van der Waals surface area contributed by atoms with Crippen molar-refractivity contribution in [1.29, 1.82) is 0 Å². The Morgan fingerprint density at radius 3 is 2.65 bits per heavy atom. The van der Waals surface area contributed by atoms with E-state index in [1.807, 2.05) is 18.2 Å². The van der Waals surface area contributed by atoms with Crippen LogP contribution in [0.3, 0.4) is 0 Å². The zero-order valence-electron chi connectivity index (χ0n) is 9.24. The van der Waals surface area contributed by atoms with Gasteiger partial charge in [-0.05, 0) is 41.6 Å². The number of carboxylic acid groups (broad SMARTS) is 1. The Bertz CT molecular complexity index is 423. The number of carbonyl (C=O) groups excluding carboxylic acids is 1. The molecule has 6 heteroatoms. The molecule has 0 saturated heterocycles. The summed E-state index contributed by atoms with van der Waals surface area (Å²) in [4.78, 5) is 22.1. The van der Waals surface area contributed by atoms with E-state index >= 15 is 0 Å². The van der Waals surface area contributed by atoms with Crippen molar-refractivity contribution in [1.82, 2.24) is 5.32 Å². The Balaban J connectivity index is 2.46. The molecule has 0 fully saturated rings. The maximum absolute atomic E-state index is 11.5. The van der Waals surface area contributed by atoms with E-state index in [2.05, 4.69) is 33.2 Å². The number of aliphatic carboxylic acids is 1. The number of amides is 1. The Hall–Kier alpha value is -1.15. The molecule has 1 amide bonds. The highest BCUT2D eigenvalue weighted by Gasteiger charge is 2.12. The van der Waals surface area contributed by atoms with Gasteiger partial charge in [0.2, 0.25) is 5.91 Å². The average Bonchev–Trinajstić information content (AvgIpc) is 2.29. The average molecular weight is 348 g/mol. The normalized spacial score (nSPS) is 11.9. The number of benzene rings is 1. The number of hydrogen-bond acceptors (Lipinski definition) is 3. The van der Waals surface area contributed by atoms with Crippen LogP contribution in [0.15, 0.2) is 24.3 Å². The van der Waals surface area contributed by atoms with E-state index in [-0.39, 0.29) is 12.5 Å². The molecule has 92 valence electrons. The van der Waals surface area contributed by atoms with E-state index in [9.17, 15) is 9.59 Å². The number of anilines is 1. The van der Waals surface area contributed by atoms with Gasteiger partial charge in [-0.25, -0.2) is 0 Å². The zero-order chi connectivity index (χ0) is 12.8. The monoisotopic (exact) mass is 348 g/mol. The number of para-hydroxylation sites is 1. The molecule has 17 heavy (non-hydrogen) atoms. The third-order valence-electron chi connectivity index (χ3n) is 2.09. The summed E-state index contributed by atoms with van der Waals surface area (Å²) >= 11 is 2.12. The van der Waals surface area contributed by atoms with Gasteiger partial charge in [0.25, 0.3) is 0 Å². The van der Waals surface area contributed by atoms with Gasteiger partial charge in [-0.3, -0.25) is 14.9 Å². The van der Waals surface area contributed by atoms with Gasteiger partial charge in [0.15, 0.2) is 0 Å². The number of nitrogens with one attached hydrogen (secondary N) is 2. The summed E-state index contributed by atoms with van der Waals surface area (Å²) in [5.41, 5.74) is 0.725. The van der Waals surface area contributed by atoms with Crippen LogP contribution in [0.25, 0.3) is 0 Å². The van der Waals surface area contributed by atoms with Gasteiger partial charge in [-0.1, -0.05) is 12.1 Å². The third-order valence-corrected chi connectivity index (χ3v) is 3.03. The standard InChI is InChI=1S/C11H13IN2O3/c1-7(11(16)17)13-6-10(15)14-9-5-3-2-4-8(9)12/h2-5,7,13H,6H2,1H3,(H,14,15)(H,16,17)/t7-/m0/s1. The van der Waals surface area contributed by atoms with Gasteiger partial charge in [0.1, 0.15) is 6.04 Å². The fourth-order valence-corrected chi connectivity index (χ4v) is 1.61. The number of halogens is 1. The highest BCUT2D eigenvalue weighted by atomic mass is 127. The first-order valence-corrected chi connectivity index (χ1v) is 6.09. The highest BCUT2D eigenvalue weighted by Crippen LogP contribution is 2.16. The second kappa shape index (κ2) is 6.55. The Morgan fingerprint density at radius 2 is 2.06 bits per heavy atom. The molecule has 0 bridgehead atoms. The fraction of sp³-hybridized carbons (Fsp3) is 0.273. The summed E-state index contributed by atoms with van der Waals surface area (Å²) < 4.78 is 0.935. The summed E-state index contributed by atoms with van der Waals surface area (Å²) in [6.45, 7) is 1.46. The van der Waals surface area contributed by atoms with Crippen LogP contribution in [0.5, 0.6) is 0 Å². The number of rotatable bonds is 5. The summed E-state index contributed by atoms with van der Waals surface area (Å²) in [5.74, 6) is -1.24. The predicted octanol–water partition coefficient (Wildman–Crippen LogP) is 1.29. The van der Waals surface area contributed by atoms with Crippen molar-refractivity contribution < 1.29 is 14.7 Å². The first kappa shape index (κ1) is 13.9. The lowest BCUT2D eigenvalue weighted by Gasteiger charge is -2.10. The summed E-state index contributed by atoms with van der Waals surface area (Å²) in [6.07, 6.45) is 0. The smallest absolute Gasteiger partial charge is 0.320 e. The predicted molar refractivity (Wildman–Crippen MR) is 72.9 cm³/mol.